The van der Waals surface area contributed by atoms with Crippen molar-refractivity contribution in [3.63, 3.8) is 0 Å². The third-order valence-electron chi connectivity index (χ3n) is 5.32. The molecule has 0 spiro atoms. The van der Waals surface area contributed by atoms with Crippen molar-refractivity contribution in [3.8, 4) is 33.6 Å². The number of fused-ring (bicyclic) bond motifs is 1. The summed E-state index contributed by atoms with van der Waals surface area (Å²) < 4.78 is 21.3. The molecule has 2 aromatic carbocycles. The monoisotopic (exact) mass is 498 g/mol. The Balaban J connectivity index is 1.37. The van der Waals surface area contributed by atoms with Gasteiger partial charge in [-0.3, -0.25) is 9.59 Å². The SMILES string of the molecule is CCCN(CCC(=O)Nc1nnc(-c2ccc3c(c2)OCO3)s1)C(=O)c1ccc(OC)cc1OC. The Morgan fingerprint density at radius 2 is 1.89 bits per heavy atom. The van der Waals surface area contributed by atoms with Gasteiger partial charge >= 0.3 is 0 Å². The van der Waals surface area contributed by atoms with Crippen LogP contribution >= 0.6 is 11.3 Å². The van der Waals surface area contributed by atoms with E-state index in [0.29, 0.717) is 45.2 Å². The average Bonchev–Trinajstić information content (AvgIpc) is 3.54. The van der Waals surface area contributed by atoms with E-state index in [0.717, 1.165) is 12.0 Å². The van der Waals surface area contributed by atoms with Crippen LogP contribution in [-0.2, 0) is 4.79 Å². The van der Waals surface area contributed by atoms with E-state index < -0.39 is 0 Å². The van der Waals surface area contributed by atoms with Gasteiger partial charge in [-0.2, -0.15) is 0 Å². The Morgan fingerprint density at radius 3 is 2.66 bits per heavy atom. The molecule has 1 aliphatic rings. The normalized spacial score (nSPS) is 11.7. The summed E-state index contributed by atoms with van der Waals surface area (Å²) in [4.78, 5) is 27.4. The van der Waals surface area contributed by atoms with Crippen LogP contribution in [0.4, 0.5) is 5.13 Å². The van der Waals surface area contributed by atoms with Crippen LogP contribution in [0.25, 0.3) is 10.6 Å². The highest BCUT2D eigenvalue weighted by Gasteiger charge is 2.21. The molecule has 0 unspecified atom stereocenters. The largest absolute Gasteiger partial charge is 0.497 e. The highest BCUT2D eigenvalue weighted by atomic mass is 32.1. The van der Waals surface area contributed by atoms with Crippen molar-refractivity contribution < 1.29 is 28.5 Å². The molecule has 1 aromatic heterocycles. The van der Waals surface area contributed by atoms with Crippen molar-refractivity contribution in [2.24, 2.45) is 0 Å². The number of benzene rings is 2. The maximum Gasteiger partial charge on any atom is 0.257 e. The van der Waals surface area contributed by atoms with Crippen molar-refractivity contribution in [1.82, 2.24) is 15.1 Å². The lowest BCUT2D eigenvalue weighted by atomic mass is 10.1. The molecule has 0 aliphatic carbocycles. The topological polar surface area (TPSA) is 112 Å². The Hall–Kier alpha value is -3.86. The lowest BCUT2D eigenvalue weighted by Crippen LogP contribution is -2.34. The highest BCUT2D eigenvalue weighted by Crippen LogP contribution is 2.37. The second-order valence-electron chi connectivity index (χ2n) is 7.64. The fourth-order valence-corrected chi connectivity index (χ4v) is 4.32. The smallest absolute Gasteiger partial charge is 0.257 e. The Labute approximate surface area is 206 Å². The molecule has 0 saturated heterocycles. The van der Waals surface area contributed by atoms with Crippen molar-refractivity contribution in [3.05, 3.63) is 42.0 Å². The molecule has 10 nitrogen and oxygen atoms in total. The number of carbonyl (C=O) groups is 2. The predicted octanol–water partition coefficient (Wildman–Crippen LogP) is 3.83. The first-order chi connectivity index (χ1) is 17.0. The van der Waals surface area contributed by atoms with E-state index in [2.05, 4.69) is 15.5 Å². The second-order valence-corrected chi connectivity index (χ2v) is 8.61. The van der Waals surface area contributed by atoms with Crippen LogP contribution in [0.15, 0.2) is 36.4 Å². The molecule has 1 N–H and O–H groups in total. The lowest BCUT2D eigenvalue weighted by Gasteiger charge is -2.23. The van der Waals surface area contributed by atoms with Crippen molar-refractivity contribution in [2.75, 3.05) is 39.4 Å². The number of ether oxygens (including phenoxy) is 4. The molecule has 0 fully saturated rings. The van der Waals surface area contributed by atoms with E-state index >= 15 is 0 Å². The van der Waals surface area contributed by atoms with Crippen molar-refractivity contribution >= 4 is 28.3 Å². The number of nitrogens with zero attached hydrogens (tertiary/aromatic N) is 3. The number of methoxy groups -OCH3 is 2. The van der Waals surface area contributed by atoms with Crippen LogP contribution in [-0.4, -0.2) is 61.0 Å². The molecule has 0 atom stereocenters. The highest BCUT2D eigenvalue weighted by molar-refractivity contribution is 7.18. The maximum atomic E-state index is 13.2. The number of rotatable bonds is 10. The minimum atomic E-state index is -0.256. The van der Waals surface area contributed by atoms with Crippen LogP contribution in [0.3, 0.4) is 0 Å². The molecule has 0 saturated carbocycles. The molecule has 0 bridgehead atoms. The van der Waals surface area contributed by atoms with Gasteiger partial charge in [-0.1, -0.05) is 18.3 Å². The molecule has 4 rings (SSSR count). The van der Waals surface area contributed by atoms with Gasteiger partial charge in [0.25, 0.3) is 5.91 Å². The number of nitrogens with one attached hydrogen (secondary N) is 1. The van der Waals surface area contributed by atoms with Crippen LogP contribution in [0.1, 0.15) is 30.1 Å². The molecule has 184 valence electrons. The molecule has 11 heteroatoms. The van der Waals surface area contributed by atoms with Gasteiger partial charge in [-0.25, -0.2) is 0 Å². The Morgan fingerprint density at radius 1 is 1.06 bits per heavy atom. The van der Waals surface area contributed by atoms with E-state index in [9.17, 15) is 9.59 Å². The molecule has 1 aliphatic heterocycles. The number of hydrogen-bond donors (Lipinski definition) is 1. The number of carbonyl (C=O) groups excluding carboxylic acids is 2. The third kappa shape index (κ3) is 5.62. The first-order valence-electron chi connectivity index (χ1n) is 11.1. The fraction of sp³-hybridized carbons (Fsp3) is 0.333. The standard InChI is InChI=1S/C24H26N4O6S/c1-4-10-28(23(30)17-7-6-16(31-2)13-19(17)32-3)11-9-21(29)25-24-27-26-22(35-24)15-5-8-18-20(12-15)34-14-33-18/h5-8,12-13H,4,9-11,14H2,1-3H3,(H,25,27,29). The minimum absolute atomic E-state index is 0.114. The van der Waals surface area contributed by atoms with Gasteiger partial charge in [0.1, 0.15) is 16.5 Å². The molecule has 0 radical (unpaired) electrons. The summed E-state index contributed by atoms with van der Waals surface area (Å²) in [5, 5.41) is 12.0. The van der Waals surface area contributed by atoms with E-state index in [1.165, 1.54) is 18.4 Å². The summed E-state index contributed by atoms with van der Waals surface area (Å²) in [6.07, 6.45) is 0.865. The van der Waals surface area contributed by atoms with Crippen molar-refractivity contribution in [1.29, 1.82) is 0 Å². The quantitative estimate of drug-likeness (QED) is 0.449. The lowest BCUT2D eigenvalue weighted by molar-refractivity contribution is -0.116. The van der Waals surface area contributed by atoms with Crippen LogP contribution in [0, 0.1) is 0 Å². The first kappa shape index (κ1) is 24.3. The zero-order chi connectivity index (χ0) is 24.8. The minimum Gasteiger partial charge on any atom is -0.497 e. The van der Waals surface area contributed by atoms with Crippen LogP contribution in [0.2, 0.25) is 0 Å². The van der Waals surface area contributed by atoms with E-state index in [1.54, 1.807) is 30.2 Å². The van der Waals surface area contributed by atoms with Gasteiger partial charge in [0.15, 0.2) is 11.5 Å². The number of aromatic nitrogens is 2. The third-order valence-corrected chi connectivity index (χ3v) is 6.21. The summed E-state index contributed by atoms with van der Waals surface area (Å²) in [5.41, 5.74) is 1.24. The Bertz CT molecular complexity index is 1210. The molecular weight excluding hydrogens is 472 g/mol. The second kappa shape index (κ2) is 11.0. The summed E-state index contributed by atoms with van der Waals surface area (Å²) in [6.45, 7) is 2.93. The first-order valence-corrected chi connectivity index (χ1v) is 11.9. The summed E-state index contributed by atoms with van der Waals surface area (Å²) in [5.74, 6) is 1.89. The number of anilines is 1. The number of hydrogen-bond acceptors (Lipinski definition) is 9. The molecule has 2 heterocycles. The number of amides is 2. The van der Waals surface area contributed by atoms with Gasteiger partial charge < -0.3 is 29.2 Å². The van der Waals surface area contributed by atoms with Crippen molar-refractivity contribution in [2.45, 2.75) is 19.8 Å². The molecule has 35 heavy (non-hydrogen) atoms. The van der Waals surface area contributed by atoms with Gasteiger partial charge in [-0.15, -0.1) is 10.2 Å². The predicted molar refractivity (Wildman–Crippen MR) is 130 cm³/mol. The van der Waals surface area contributed by atoms with E-state index in [1.807, 2.05) is 25.1 Å². The van der Waals surface area contributed by atoms with Gasteiger partial charge in [-0.05, 0) is 36.8 Å². The van der Waals surface area contributed by atoms with Gasteiger partial charge in [0, 0.05) is 31.1 Å². The van der Waals surface area contributed by atoms with Crippen LogP contribution < -0.4 is 24.3 Å². The molecular formula is C24H26N4O6S. The van der Waals surface area contributed by atoms with Gasteiger partial charge in [0.05, 0.1) is 19.8 Å². The van der Waals surface area contributed by atoms with Crippen LogP contribution in [0.5, 0.6) is 23.0 Å². The summed E-state index contributed by atoms with van der Waals surface area (Å²) in [7, 11) is 3.05. The zero-order valence-electron chi connectivity index (χ0n) is 19.7. The van der Waals surface area contributed by atoms with Gasteiger partial charge in [0.2, 0.25) is 17.8 Å². The summed E-state index contributed by atoms with van der Waals surface area (Å²) >= 11 is 1.26. The Kier molecular flexibility index (Phi) is 7.66. The molecule has 3 aromatic rings. The average molecular weight is 499 g/mol. The zero-order valence-corrected chi connectivity index (χ0v) is 20.5. The fourth-order valence-electron chi connectivity index (χ4n) is 3.57. The van der Waals surface area contributed by atoms with E-state index in [-0.39, 0.29) is 31.6 Å². The van der Waals surface area contributed by atoms with E-state index in [4.69, 9.17) is 18.9 Å². The maximum absolute atomic E-state index is 13.2. The summed E-state index contributed by atoms with van der Waals surface area (Å²) in [6, 6.07) is 10.5. The molecule has 2 amide bonds.